The maximum absolute atomic E-state index is 12.8. The number of nitrogen functional groups attached to an aromatic ring is 1. The predicted octanol–water partition coefficient (Wildman–Crippen LogP) is 4.23. The molecule has 2 aromatic carbocycles. The molecule has 0 aliphatic carbocycles. The minimum absolute atomic E-state index is 0.250. The van der Waals surface area contributed by atoms with Gasteiger partial charge in [-0.15, -0.1) is 11.8 Å². The van der Waals surface area contributed by atoms with Crippen LogP contribution in [0.1, 0.15) is 15.9 Å². The molecule has 0 radical (unpaired) electrons. The highest BCUT2D eigenvalue weighted by atomic mass is 32.2. The van der Waals surface area contributed by atoms with Gasteiger partial charge in [0, 0.05) is 28.6 Å². The Hall–Kier alpha value is -3.19. The van der Waals surface area contributed by atoms with Crippen LogP contribution in [-0.4, -0.2) is 25.1 Å². The van der Waals surface area contributed by atoms with Crippen LogP contribution in [0.4, 0.5) is 11.4 Å². The van der Waals surface area contributed by atoms with Crippen LogP contribution in [0.5, 0.6) is 11.5 Å². The average Bonchev–Trinajstić information content (AvgIpc) is 2.73. The zero-order valence-corrected chi connectivity index (χ0v) is 16.5. The highest BCUT2D eigenvalue weighted by Crippen LogP contribution is 2.31. The second kappa shape index (κ2) is 9.14. The monoisotopic (exact) mass is 395 g/mol. The van der Waals surface area contributed by atoms with Gasteiger partial charge in [-0.1, -0.05) is 18.2 Å². The summed E-state index contributed by atoms with van der Waals surface area (Å²) in [4.78, 5) is 17.8. The molecule has 6 nitrogen and oxygen atoms in total. The van der Waals surface area contributed by atoms with Crippen molar-refractivity contribution in [3.63, 3.8) is 0 Å². The third-order valence-corrected chi connectivity index (χ3v) is 5.25. The van der Waals surface area contributed by atoms with E-state index in [0.29, 0.717) is 28.5 Å². The van der Waals surface area contributed by atoms with Crippen LogP contribution >= 0.6 is 11.8 Å². The standard InChI is InChI=1S/C21H21N3O3S/c1-26-15-7-8-16(19(11-15)27-2)21(25)24-18-6-4-3-5-14(18)13-28-20-9-10-23-12-17(20)22/h3-12H,13,22H2,1-2H3,(H,24,25). The second-order valence-corrected chi connectivity index (χ2v) is 6.90. The van der Waals surface area contributed by atoms with E-state index in [0.717, 1.165) is 16.1 Å². The third-order valence-electron chi connectivity index (χ3n) is 4.11. The first-order chi connectivity index (χ1) is 13.6. The van der Waals surface area contributed by atoms with Crippen LogP contribution in [0, 0.1) is 0 Å². The topological polar surface area (TPSA) is 86.5 Å². The quantitative estimate of drug-likeness (QED) is 0.583. The van der Waals surface area contributed by atoms with E-state index in [9.17, 15) is 4.79 Å². The van der Waals surface area contributed by atoms with E-state index in [1.807, 2.05) is 30.3 Å². The lowest BCUT2D eigenvalue weighted by Crippen LogP contribution is -2.14. The summed E-state index contributed by atoms with van der Waals surface area (Å²) < 4.78 is 10.5. The Morgan fingerprint density at radius 1 is 1.14 bits per heavy atom. The molecule has 7 heteroatoms. The van der Waals surface area contributed by atoms with Gasteiger partial charge in [0.2, 0.25) is 0 Å². The van der Waals surface area contributed by atoms with E-state index >= 15 is 0 Å². The van der Waals surface area contributed by atoms with E-state index in [1.165, 1.54) is 7.11 Å². The fraction of sp³-hybridized carbons (Fsp3) is 0.143. The van der Waals surface area contributed by atoms with Crippen molar-refractivity contribution in [2.75, 3.05) is 25.3 Å². The Kier molecular flexibility index (Phi) is 6.39. The number of amides is 1. The molecule has 1 heterocycles. The molecular weight excluding hydrogens is 374 g/mol. The molecule has 3 N–H and O–H groups in total. The molecule has 1 amide bonds. The van der Waals surface area contributed by atoms with Crippen molar-refractivity contribution in [2.45, 2.75) is 10.6 Å². The smallest absolute Gasteiger partial charge is 0.259 e. The second-order valence-electron chi connectivity index (χ2n) is 5.88. The minimum Gasteiger partial charge on any atom is -0.497 e. The number of para-hydroxylation sites is 1. The van der Waals surface area contributed by atoms with Crippen LogP contribution in [0.15, 0.2) is 65.8 Å². The molecule has 3 rings (SSSR count). The molecule has 144 valence electrons. The normalized spacial score (nSPS) is 10.4. The lowest BCUT2D eigenvalue weighted by Gasteiger charge is -2.14. The predicted molar refractivity (Wildman–Crippen MR) is 112 cm³/mol. The molecule has 0 aliphatic heterocycles. The highest BCUT2D eigenvalue weighted by molar-refractivity contribution is 7.98. The van der Waals surface area contributed by atoms with Crippen molar-refractivity contribution in [1.29, 1.82) is 0 Å². The van der Waals surface area contributed by atoms with E-state index in [4.69, 9.17) is 15.2 Å². The number of ether oxygens (including phenoxy) is 2. The number of anilines is 2. The van der Waals surface area contributed by atoms with E-state index in [-0.39, 0.29) is 5.91 Å². The summed E-state index contributed by atoms with van der Waals surface area (Å²) in [6, 6.07) is 14.6. The van der Waals surface area contributed by atoms with Gasteiger partial charge in [-0.25, -0.2) is 0 Å². The number of benzene rings is 2. The van der Waals surface area contributed by atoms with Crippen molar-refractivity contribution < 1.29 is 14.3 Å². The Morgan fingerprint density at radius 3 is 2.71 bits per heavy atom. The fourth-order valence-electron chi connectivity index (χ4n) is 2.62. The number of thioether (sulfide) groups is 1. The summed E-state index contributed by atoms with van der Waals surface area (Å²) in [5.41, 5.74) is 8.76. The number of methoxy groups -OCH3 is 2. The molecule has 0 atom stereocenters. The van der Waals surface area contributed by atoms with Crippen LogP contribution < -0.4 is 20.5 Å². The molecule has 0 saturated heterocycles. The van der Waals surface area contributed by atoms with E-state index in [2.05, 4.69) is 10.3 Å². The Morgan fingerprint density at radius 2 is 1.96 bits per heavy atom. The van der Waals surface area contributed by atoms with Gasteiger partial charge in [-0.2, -0.15) is 0 Å². The van der Waals surface area contributed by atoms with Gasteiger partial charge in [0.15, 0.2) is 0 Å². The van der Waals surface area contributed by atoms with Crippen molar-refractivity contribution in [3.8, 4) is 11.5 Å². The maximum atomic E-state index is 12.8. The molecule has 3 aromatic rings. The highest BCUT2D eigenvalue weighted by Gasteiger charge is 2.15. The Bertz CT molecular complexity index is 979. The number of nitrogens with zero attached hydrogens (tertiary/aromatic N) is 1. The van der Waals surface area contributed by atoms with Crippen LogP contribution in [-0.2, 0) is 5.75 Å². The summed E-state index contributed by atoms with van der Waals surface area (Å²) >= 11 is 1.59. The average molecular weight is 395 g/mol. The fourth-order valence-corrected chi connectivity index (χ4v) is 3.56. The summed E-state index contributed by atoms with van der Waals surface area (Å²) in [6.45, 7) is 0. The van der Waals surface area contributed by atoms with Gasteiger partial charge in [0.25, 0.3) is 5.91 Å². The molecule has 0 unspecified atom stereocenters. The maximum Gasteiger partial charge on any atom is 0.259 e. The number of nitrogens with one attached hydrogen (secondary N) is 1. The summed E-state index contributed by atoms with van der Waals surface area (Å²) in [6.07, 6.45) is 3.34. The van der Waals surface area contributed by atoms with Crippen molar-refractivity contribution in [2.24, 2.45) is 0 Å². The van der Waals surface area contributed by atoms with Gasteiger partial charge < -0.3 is 20.5 Å². The zero-order valence-electron chi connectivity index (χ0n) is 15.6. The molecule has 0 spiro atoms. The zero-order chi connectivity index (χ0) is 19.9. The number of hydrogen-bond donors (Lipinski definition) is 2. The first kappa shape index (κ1) is 19.6. The molecule has 1 aromatic heterocycles. The first-order valence-corrected chi connectivity index (χ1v) is 9.54. The van der Waals surface area contributed by atoms with Gasteiger partial charge in [-0.3, -0.25) is 9.78 Å². The first-order valence-electron chi connectivity index (χ1n) is 8.56. The van der Waals surface area contributed by atoms with Gasteiger partial charge in [0.05, 0.1) is 31.7 Å². The van der Waals surface area contributed by atoms with Gasteiger partial charge in [0.1, 0.15) is 11.5 Å². The van der Waals surface area contributed by atoms with Crippen molar-refractivity contribution >= 4 is 29.0 Å². The Labute approximate surface area is 168 Å². The largest absolute Gasteiger partial charge is 0.497 e. The van der Waals surface area contributed by atoms with Crippen LogP contribution in [0.2, 0.25) is 0 Å². The van der Waals surface area contributed by atoms with Crippen molar-refractivity contribution in [3.05, 3.63) is 72.1 Å². The molecule has 0 aliphatic rings. The van der Waals surface area contributed by atoms with Crippen molar-refractivity contribution in [1.82, 2.24) is 4.98 Å². The molecule has 0 fully saturated rings. The number of rotatable bonds is 7. The minimum atomic E-state index is -0.250. The van der Waals surface area contributed by atoms with Gasteiger partial charge >= 0.3 is 0 Å². The molecule has 0 saturated carbocycles. The number of carbonyl (C=O) groups is 1. The number of nitrogens with two attached hydrogens (primary N) is 1. The lowest BCUT2D eigenvalue weighted by molar-refractivity contribution is 0.102. The van der Waals surface area contributed by atoms with Crippen LogP contribution in [0.3, 0.4) is 0 Å². The number of aromatic nitrogens is 1. The Balaban J connectivity index is 1.78. The molecule has 0 bridgehead atoms. The van der Waals surface area contributed by atoms with E-state index < -0.39 is 0 Å². The number of carbonyl (C=O) groups excluding carboxylic acids is 1. The number of hydrogen-bond acceptors (Lipinski definition) is 6. The summed E-state index contributed by atoms with van der Waals surface area (Å²) in [7, 11) is 3.09. The molecular formula is C21H21N3O3S. The third kappa shape index (κ3) is 4.55. The van der Waals surface area contributed by atoms with Crippen LogP contribution in [0.25, 0.3) is 0 Å². The number of pyridine rings is 1. The summed E-state index contributed by atoms with van der Waals surface area (Å²) in [5, 5.41) is 2.97. The molecule has 28 heavy (non-hydrogen) atoms. The van der Waals surface area contributed by atoms with E-state index in [1.54, 1.807) is 49.5 Å². The lowest BCUT2D eigenvalue weighted by atomic mass is 10.1. The van der Waals surface area contributed by atoms with Gasteiger partial charge in [-0.05, 0) is 29.8 Å². The summed E-state index contributed by atoms with van der Waals surface area (Å²) in [5.74, 6) is 1.48. The SMILES string of the molecule is COc1ccc(C(=O)Nc2ccccc2CSc2ccncc2N)c(OC)c1.